The number of nitrogen functional groups attached to an aromatic ring is 1. The van der Waals surface area contributed by atoms with Crippen LogP contribution in [0.25, 0.3) is 5.65 Å². The third-order valence-corrected chi connectivity index (χ3v) is 4.59. The molecule has 1 aliphatic heterocycles. The second-order valence-corrected chi connectivity index (χ2v) is 6.44. The van der Waals surface area contributed by atoms with Crippen molar-refractivity contribution >= 4 is 28.7 Å². The Kier molecular flexibility index (Phi) is 4.32. The number of amides is 1. The van der Waals surface area contributed by atoms with Crippen LogP contribution in [0.1, 0.15) is 10.4 Å². The summed E-state index contributed by atoms with van der Waals surface area (Å²) in [5.74, 6) is -1.03. The fourth-order valence-corrected chi connectivity index (χ4v) is 3.12. The number of likely N-dealkylation sites (N-methyl/N-ethyl adjacent to an activating group) is 1. The van der Waals surface area contributed by atoms with Crippen molar-refractivity contribution in [1.82, 2.24) is 24.5 Å². The molecule has 4 heterocycles. The zero-order valence-corrected chi connectivity index (χ0v) is 14.8. The number of rotatable bonds is 3. The average molecular weight is 370 g/mol. The van der Waals surface area contributed by atoms with Crippen molar-refractivity contribution in [2.75, 3.05) is 49.2 Å². The molecule has 4 rings (SSSR count). The molecule has 0 bridgehead atoms. The van der Waals surface area contributed by atoms with Gasteiger partial charge in [-0.25, -0.2) is 13.9 Å². The molecular weight excluding hydrogens is 351 g/mol. The third-order valence-electron chi connectivity index (χ3n) is 4.59. The highest BCUT2D eigenvalue weighted by atomic mass is 19.1. The van der Waals surface area contributed by atoms with Gasteiger partial charge in [0.25, 0.3) is 5.91 Å². The molecule has 140 valence electrons. The molecule has 1 aliphatic rings. The highest BCUT2D eigenvalue weighted by Crippen LogP contribution is 2.27. The lowest BCUT2D eigenvalue weighted by Gasteiger charge is -2.34. The maximum atomic E-state index is 13.3. The number of pyridine rings is 1. The molecular formula is C17H19FN8O. The molecule has 3 N–H and O–H groups in total. The van der Waals surface area contributed by atoms with Gasteiger partial charge in [-0.15, -0.1) is 5.10 Å². The normalized spacial score (nSPS) is 15.3. The smallest absolute Gasteiger partial charge is 0.263 e. The number of aromatic nitrogens is 4. The number of halogens is 1. The van der Waals surface area contributed by atoms with Gasteiger partial charge >= 0.3 is 0 Å². The Labute approximate surface area is 154 Å². The van der Waals surface area contributed by atoms with E-state index in [9.17, 15) is 9.18 Å². The van der Waals surface area contributed by atoms with Crippen LogP contribution in [0.3, 0.4) is 0 Å². The molecule has 10 heteroatoms. The van der Waals surface area contributed by atoms with Crippen LogP contribution in [0, 0.1) is 5.82 Å². The van der Waals surface area contributed by atoms with Crippen LogP contribution in [0.2, 0.25) is 0 Å². The van der Waals surface area contributed by atoms with E-state index in [-0.39, 0.29) is 17.0 Å². The van der Waals surface area contributed by atoms with Crippen LogP contribution in [0.15, 0.2) is 30.9 Å². The van der Waals surface area contributed by atoms with E-state index in [0.29, 0.717) is 5.69 Å². The zero-order chi connectivity index (χ0) is 19.0. The minimum atomic E-state index is -0.566. The van der Waals surface area contributed by atoms with Gasteiger partial charge in [0.2, 0.25) is 0 Å². The second-order valence-electron chi connectivity index (χ2n) is 6.44. The van der Waals surface area contributed by atoms with Gasteiger partial charge in [0.15, 0.2) is 17.3 Å². The quantitative estimate of drug-likeness (QED) is 0.704. The number of carbonyl (C=O) groups excluding carboxylic acids is 1. The van der Waals surface area contributed by atoms with E-state index in [2.05, 4.69) is 37.2 Å². The maximum Gasteiger partial charge on any atom is 0.263 e. The lowest BCUT2D eigenvalue weighted by molar-refractivity contribution is 0.102. The lowest BCUT2D eigenvalue weighted by Crippen LogP contribution is -2.44. The molecule has 0 aliphatic carbocycles. The highest BCUT2D eigenvalue weighted by Gasteiger charge is 2.22. The molecule has 0 atom stereocenters. The molecule has 3 aromatic rings. The van der Waals surface area contributed by atoms with Gasteiger partial charge in [-0.05, 0) is 13.1 Å². The van der Waals surface area contributed by atoms with Crippen LogP contribution in [-0.4, -0.2) is 63.6 Å². The number of hydrogen-bond donors (Lipinski definition) is 2. The van der Waals surface area contributed by atoms with E-state index >= 15 is 0 Å². The minimum Gasteiger partial charge on any atom is -0.381 e. The molecule has 0 unspecified atom stereocenters. The van der Waals surface area contributed by atoms with Crippen LogP contribution >= 0.6 is 0 Å². The number of nitrogens with zero attached hydrogens (tertiary/aromatic N) is 6. The Balaban J connectivity index is 1.64. The molecule has 27 heavy (non-hydrogen) atoms. The number of nitrogens with two attached hydrogens (primary N) is 1. The van der Waals surface area contributed by atoms with Gasteiger partial charge in [0, 0.05) is 32.4 Å². The zero-order valence-electron chi connectivity index (χ0n) is 14.8. The summed E-state index contributed by atoms with van der Waals surface area (Å²) in [5, 5.41) is 6.83. The van der Waals surface area contributed by atoms with Crippen molar-refractivity contribution in [3.8, 4) is 0 Å². The summed E-state index contributed by atoms with van der Waals surface area (Å²) in [6, 6.07) is 1.74. The minimum absolute atomic E-state index is 0.0131. The Morgan fingerprint density at radius 3 is 2.81 bits per heavy atom. The van der Waals surface area contributed by atoms with E-state index in [1.54, 1.807) is 18.5 Å². The van der Waals surface area contributed by atoms with Crippen molar-refractivity contribution in [2.24, 2.45) is 0 Å². The van der Waals surface area contributed by atoms with Gasteiger partial charge in [-0.1, -0.05) is 0 Å². The van der Waals surface area contributed by atoms with E-state index in [1.165, 1.54) is 0 Å². The molecule has 0 spiro atoms. The fourth-order valence-electron chi connectivity index (χ4n) is 3.12. The van der Waals surface area contributed by atoms with Crippen LogP contribution in [-0.2, 0) is 0 Å². The summed E-state index contributed by atoms with van der Waals surface area (Å²) in [7, 11) is 2.08. The van der Waals surface area contributed by atoms with Gasteiger partial charge in [0.1, 0.15) is 5.56 Å². The van der Waals surface area contributed by atoms with Crippen molar-refractivity contribution in [1.29, 1.82) is 0 Å². The molecule has 9 nitrogen and oxygen atoms in total. The van der Waals surface area contributed by atoms with E-state index in [0.717, 1.165) is 48.8 Å². The summed E-state index contributed by atoms with van der Waals surface area (Å²) >= 11 is 0. The number of hydrogen-bond acceptors (Lipinski definition) is 7. The van der Waals surface area contributed by atoms with Crippen molar-refractivity contribution < 1.29 is 9.18 Å². The summed E-state index contributed by atoms with van der Waals surface area (Å²) in [4.78, 5) is 25.4. The Morgan fingerprint density at radius 2 is 2.04 bits per heavy atom. The monoisotopic (exact) mass is 370 g/mol. The summed E-state index contributed by atoms with van der Waals surface area (Å²) in [6.07, 6.45) is 5.49. The van der Waals surface area contributed by atoms with E-state index < -0.39 is 11.7 Å². The maximum absolute atomic E-state index is 13.3. The standard InChI is InChI=1S/C17H19FN8O/c1-24-4-6-25(7-5-24)13-9-20-3-2-12(13)22-17(27)14-15(19)23-26-10-11(18)8-21-16(14)26/h2-3,8-10H,4-7H2,1H3,(H2,19,23)(H,20,22,27). The topological polar surface area (TPSA) is 105 Å². The van der Waals surface area contributed by atoms with E-state index in [4.69, 9.17) is 5.73 Å². The molecule has 1 amide bonds. The highest BCUT2D eigenvalue weighted by molar-refractivity contribution is 6.12. The van der Waals surface area contributed by atoms with E-state index in [1.807, 2.05) is 0 Å². The van der Waals surface area contributed by atoms with Crippen molar-refractivity contribution in [3.05, 3.63) is 42.2 Å². The largest absolute Gasteiger partial charge is 0.381 e. The fraction of sp³-hybridized carbons (Fsp3) is 0.294. The number of anilines is 3. The van der Waals surface area contributed by atoms with Gasteiger partial charge in [-0.3, -0.25) is 9.78 Å². The van der Waals surface area contributed by atoms with Crippen LogP contribution < -0.4 is 16.0 Å². The summed E-state index contributed by atoms with van der Waals surface area (Å²) < 4.78 is 14.5. The average Bonchev–Trinajstić information content (AvgIpc) is 2.98. The molecule has 0 saturated carbocycles. The number of nitrogens with one attached hydrogen (secondary N) is 1. The first-order valence-electron chi connectivity index (χ1n) is 8.51. The first-order valence-corrected chi connectivity index (χ1v) is 8.51. The van der Waals surface area contributed by atoms with Crippen LogP contribution in [0.4, 0.5) is 21.6 Å². The second kappa shape index (κ2) is 6.80. The molecule has 0 aromatic carbocycles. The summed E-state index contributed by atoms with van der Waals surface area (Å²) in [6.45, 7) is 3.53. The predicted octanol–water partition coefficient (Wildman–Crippen LogP) is 0.850. The summed E-state index contributed by atoms with van der Waals surface area (Å²) in [5.41, 5.74) is 7.64. The van der Waals surface area contributed by atoms with Crippen molar-refractivity contribution in [3.63, 3.8) is 0 Å². The van der Waals surface area contributed by atoms with Gasteiger partial charge < -0.3 is 20.9 Å². The van der Waals surface area contributed by atoms with Gasteiger partial charge in [0.05, 0.1) is 30.0 Å². The van der Waals surface area contributed by atoms with Crippen LogP contribution in [0.5, 0.6) is 0 Å². The lowest BCUT2D eigenvalue weighted by atomic mass is 10.2. The number of piperazine rings is 1. The molecule has 3 aromatic heterocycles. The first-order chi connectivity index (χ1) is 13.0. The number of carbonyl (C=O) groups is 1. The number of fused-ring (bicyclic) bond motifs is 1. The third kappa shape index (κ3) is 3.26. The Morgan fingerprint density at radius 1 is 1.26 bits per heavy atom. The molecule has 1 saturated heterocycles. The molecule has 0 radical (unpaired) electrons. The first kappa shape index (κ1) is 17.2. The van der Waals surface area contributed by atoms with Gasteiger partial charge in [-0.2, -0.15) is 0 Å². The Hall–Kier alpha value is -3.27. The predicted molar refractivity (Wildman–Crippen MR) is 99.3 cm³/mol. The SMILES string of the molecule is CN1CCN(c2cnccc2NC(=O)c2c(N)nn3cc(F)cnc23)CC1. The molecule has 1 fully saturated rings. The Bertz CT molecular complexity index is 996. The van der Waals surface area contributed by atoms with Crippen molar-refractivity contribution in [2.45, 2.75) is 0 Å².